The van der Waals surface area contributed by atoms with E-state index in [1.165, 1.54) is 51.4 Å². The summed E-state index contributed by atoms with van der Waals surface area (Å²) in [5.74, 6) is 0. The maximum Gasteiger partial charge on any atom is 0.0782 e. The van der Waals surface area contributed by atoms with Gasteiger partial charge in [0.05, 0.1) is 5.34 Å². The summed E-state index contributed by atoms with van der Waals surface area (Å²) in [4.78, 5) is 0. The molecule has 0 amide bonds. The predicted octanol–water partition coefficient (Wildman–Crippen LogP) is 5.15. The molecule has 0 rings (SSSR count). The summed E-state index contributed by atoms with van der Waals surface area (Å²) in [6.07, 6.45) is 12.0. The van der Waals surface area contributed by atoms with Gasteiger partial charge in [0.15, 0.2) is 0 Å². The van der Waals surface area contributed by atoms with Crippen LogP contribution < -0.4 is 0 Å². The average Bonchev–Trinajstić information content (AvgIpc) is 2.27. The molecule has 0 aliphatic rings. The molecule has 0 aliphatic carbocycles. The van der Waals surface area contributed by atoms with Crippen molar-refractivity contribution in [1.82, 2.24) is 0 Å². The van der Waals surface area contributed by atoms with E-state index in [0.29, 0.717) is 0 Å². The van der Waals surface area contributed by atoms with Crippen molar-refractivity contribution in [3.8, 4) is 0 Å². The molecule has 0 aromatic heterocycles. The monoisotopic (exact) mass is 246 g/mol. The summed E-state index contributed by atoms with van der Waals surface area (Å²) in [6.45, 7) is 7.50. The molecule has 0 radical (unpaired) electrons. The Morgan fingerprint density at radius 1 is 0.875 bits per heavy atom. The van der Waals surface area contributed by atoms with Crippen molar-refractivity contribution in [2.45, 2.75) is 83.9 Å². The van der Waals surface area contributed by atoms with Gasteiger partial charge in [-0.3, -0.25) is 0 Å². The zero-order valence-corrected chi connectivity index (χ0v) is 12.7. The SMILES string of the molecule is CCCCCCCCCCOC(C)(P)CC. The topological polar surface area (TPSA) is 9.23 Å². The van der Waals surface area contributed by atoms with Gasteiger partial charge in [-0.25, -0.2) is 0 Å². The van der Waals surface area contributed by atoms with Crippen LogP contribution in [0.3, 0.4) is 0 Å². The third kappa shape index (κ3) is 10.9. The van der Waals surface area contributed by atoms with E-state index in [2.05, 4.69) is 30.0 Å². The van der Waals surface area contributed by atoms with E-state index in [4.69, 9.17) is 4.74 Å². The van der Waals surface area contributed by atoms with E-state index < -0.39 is 0 Å². The van der Waals surface area contributed by atoms with Crippen molar-refractivity contribution in [3.05, 3.63) is 0 Å². The molecule has 0 saturated heterocycles. The van der Waals surface area contributed by atoms with Crippen LogP contribution in [0.5, 0.6) is 0 Å². The summed E-state index contributed by atoms with van der Waals surface area (Å²) in [5, 5.41) is 0.00112. The first-order valence-corrected chi connectivity index (χ1v) is 7.63. The molecule has 0 spiro atoms. The fourth-order valence-corrected chi connectivity index (χ4v) is 1.76. The molecule has 2 heteroatoms. The van der Waals surface area contributed by atoms with Crippen LogP contribution in [-0.4, -0.2) is 11.9 Å². The molecule has 0 N–H and O–H groups in total. The Morgan fingerprint density at radius 2 is 1.38 bits per heavy atom. The van der Waals surface area contributed by atoms with Crippen LogP contribution in [0.25, 0.3) is 0 Å². The van der Waals surface area contributed by atoms with Gasteiger partial charge in [0, 0.05) is 6.61 Å². The van der Waals surface area contributed by atoms with Gasteiger partial charge in [0.2, 0.25) is 0 Å². The predicted molar refractivity (Wildman–Crippen MR) is 77.0 cm³/mol. The van der Waals surface area contributed by atoms with Gasteiger partial charge in [-0.05, 0) is 19.8 Å². The minimum absolute atomic E-state index is 0.00112. The normalized spacial score (nSPS) is 15.0. The van der Waals surface area contributed by atoms with Gasteiger partial charge >= 0.3 is 0 Å². The summed E-state index contributed by atoms with van der Waals surface area (Å²) in [5.41, 5.74) is 0. The van der Waals surface area contributed by atoms with Gasteiger partial charge in [0.25, 0.3) is 0 Å². The fraction of sp³-hybridized carbons (Fsp3) is 1.00. The summed E-state index contributed by atoms with van der Waals surface area (Å²) >= 11 is 0. The smallest absolute Gasteiger partial charge is 0.0782 e. The molecule has 0 aromatic carbocycles. The Morgan fingerprint density at radius 3 is 1.88 bits per heavy atom. The highest BCUT2D eigenvalue weighted by Gasteiger charge is 2.14. The van der Waals surface area contributed by atoms with Crippen LogP contribution in [0.4, 0.5) is 0 Å². The van der Waals surface area contributed by atoms with Gasteiger partial charge in [-0.1, -0.05) is 58.8 Å². The molecule has 0 heterocycles. The van der Waals surface area contributed by atoms with Crippen LogP contribution in [0, 0.1) is 0 Å². The highest BCUT2D eigenvalue weighted by molar-refractivity contribution is 7.18. The first-order valence-electron chi connectivity index (χ1n) is 7.05. The molecule has 2 unspecified atom stereocenters. The second-order valence-electron chi connectivity index (χ2n) is 4.99. The molecule has 1 nitrogen and oxygen atoms in total. The number of hydrogen-bond donors (Lipinski definition) is 0. The van der Waals surface area contributed by atoms with E-state index in [1.807, 2.05) is 0 Å². The van der Waals surface area contributed by atoms with Gasteiger partial charge in [0.1, 0.15) is 0 Å². The lowest BCUT2D eigenvalue weighted by molar-refractivity contribution is 0.0331. The Hall–Kier alpha value is 0.390. The van der Waals surface area contributed by atoms with Gasteiger partial charge < -0.3 is 4.74 Å². The lowest BCUT2D eigenvalue weighted by atomic mass is 10.1. The standard InChI is InChI=1S/C14H31OP/c1-4-6-7-8-9-10-11-12-13-15-14(3,16)5-2/h4-13,16H2,1-3H3. The third-order valence-corrected chi connectivity index (χ3v) is 3.71. The summed E-state index contributed by atoms with van der Waals surface area (Å²) in [6, 6.07) is 0. The molecular formula is C14H31OP. The molecule has 0 fully saturated rings. The number of ether oxygens (including phenoxy) is 1. The first-order chi connectivity index (χ1) is 7.62. The van der Waals surface area contributed by atoms with E-state index in [9.17, 15) is 0 Å². The second-order valence-corrected chi connectivity index (χ2v) is 6.21. The molecule has 0 aromatic rings. The van der Waals surface area contributed by atoms with Crippen molar-refractivity contribution in [2.24, 2.45) is 0 Å². The zero-order chi connectivity index (χ0) is 12.3. The van der Waals surface area contributed by atoms with Crippen molar-refractivity contribution >= 4 is 9.24 Å². The van der Waals surface area contributed by atoms with Crippen LogP contribution in [0.2, 0.25) is 0 Å². The van der Waals surface area contributed by atoms with Crippen LogP contribution in [0.1, 0.15) is 78.6 Å². The molecule has 0 aliphatic heterocycles. The molecule has 2 atom stereocenters. The molecule has 0 saturated carbocycles. The lowest BCUT2D eigenvalue weighted by Gasteiger charge is -2.23. The highest BCUT2D eigenvalue weighted by atomic mass is 31.0. The molecule has 16 heavy (non-hydrogen) atoms. The number of hydrogen-bond acceptors (Lipinski definition) is 1. The Bertz CT molecular complexity index is 146. The lowest BCUT2D eigenvalue weighted by Crippen LogP contribution is -2.19. The maximum absolute atomic E-state index is 5.79. The fourth-order valence-electron chi connectivity index (χ4n) is 1.64. The zero-order valence-electron chi connectivity index (χ0n) is 11.6. The third-order valence-electron chi connectivity index (χ3n) is 3.13. The van der Waals surface area contributed by atoms with Crippen LogP contribution >= 0.6 is 9.24 Å². The van der Waals surface area contributed by atoms with Crippen molar-refractivity contribution in [3.63, 3.8) is 0 Å². The van der Waals surface area contributed by atoms with Gasteiger partial charge in [-0.15, -0.1) is 9.24 Å². The highest BCUT2D eigenvalue weighted by Crippen LogP contribution is 2.23. The number of rotatable bonds is 11. The Balaban J connectivity index is 3.10. The summed E-state index contributed by atoms with van der Waals surface area (Å²) < 4.78 is 5.79. The quantitative estimate of drug-likeness (QED) is 0.362. The second kappa shape index (κ2) is 10.5. The summed E-state index contributed by atoms with van der Waals surface area (Å²) in [7, 11) is 2.80. The Labute approximate surface area is 105 Å². The van der Waals surface area contributed by atoms with E-state index in [1.54, 1.807) is 0 Å². The van der Waals surface area contributed by atoms with E-state index in [-0.39, 0.29) is 5.34 Å². The van der Waals surface area contributed by atoms with E-state index in [0.717, 1.165) is 13.0 Å². The number of unbranched alkanes of at least 4 members (excludes halogenated alkanes) is 7. The molecule has 98 valence electrons. The van der Waals surface area contributed by atoms with Crippen molar-refractivity contribution in [1.29, 1.82) is 0 Å². The van der Waals surface area contributed by atoms with Crippen LogP contribution in [0.15, 0.2) is 0 Å². The molecule has 0 bridgehead atoms. The Kier molecular flexibility index (Phi) is 10.8. The average molecular weight is 246 g/mol. The minimum atomic E-state index is 0.00112. The van der Waals surface area contributed by atoms with E-state index >= 15 is 0 Å². The maximum atomic E-state index is 5.79. The first kappa shape index (κ1) is 16.4. The van der Waals surface area contributed by atoms with Crippen molar-refractivity contribution in [2.75, 3.05) is 6.61 Å². The van der Waals surface area contributed by atoms with Gasteiger partial charge in [-0.2, -0.15) is 0 Å². The molecular weight excluding hydrogens is 215 g/mol. The van der Waals surface area contributed by atoms with Crippen molar-refractivity contribution < 1.29 is 4.74 Å². The minimum Gasteiger partial charge on any atom is -0.371 e. The van der Waals surface area contributed by atoms with Crippen LogP contribution in [-0.2, 0) is 4.74 Å². The largest absolute Gasteiger partial charge is 0.371 e.